The number of halogens is 2. The molecule has 0 aliphatic rings. The lowest BCUT2D eigenvalue weighted by Crippen LogP contribution is -2.13. The van der Waals surface area contributed by atoms with E-state index in [9.17, 15) is 19.2 Å². The molecule has 0 aromatic heterocycles. The molecule has 10 heteroatoms. The molecule has 8 nitrogen and oxygen atoms in total. The van der Waals surface area contributed by atoms with Crippen molar-refractivity contribution in [3.05, 3.63) is 63.1 Å². The average Bonchev–Trinajstić information content (AvgIpc) is 2.64. The van der Waals surface area contributed by atoms with Crippen LogP contribution < -0.4 is 16.2 Å². The van der Waals surface area contributed by atoms with Crippen LogP contribution in [0, 0.1) is 0 Å². The molecule has 4 N–H and O–H groups in total. The molecule has 0 spiro atoms. The van der Waals surface area contributed by atoms with Gasteiger partial charge in [-0.2, -0.15) is 0 Å². The Kier molecular flexibility index (Phi) is 9.11. The lowest BCUT2D eigenvalue weighted by molar-refractivity contribution is -0.139. The molecule has 0 atom stereocenters. The minimum atomic E-state index is -0.663. The van der Waals surface area contributed by atoms with Crippen LogP contribution in [0.25, 0.3) is 0 Å². The number of esters is 2. The first-order chi connectivity index (χ1) is 13.6. The minimum absolute atomic E-state index is 0.0243. The second kappa shape index (κ2) is 11.0. The van der Waals surface area contributed by atoms with E-state index in [0.717, 1.165) is 0 Å². The lowest BCUT2D eigenvalue weighted by Gasteiger charge is -2.05. The van der Waals surface area contributed by atoms with Crippen molar-refractivity contribution in [2.24, 2.45) is 11.5 Å². The summed E-state index contributed by atoms with van der Waals surface area (Å²) in [7, 11) is 1.29. The van der Waals surface area contributed by atoms with Crippen molar-refractivity contribution >= 4 is 47.0 Å². The van der Waals surface area contributed by atoms with Crippen molar-refractivity contribution in [3.63, 3.8) is 0 Å². The first kappa shape index (κ1) is 23.9. The molecule has 2 aromatic rings. The molecular formula is C19H18Cl2N2O6. The van der Waals surface area contributed by atoms with Gasteiger partial charge in [-0.1, -0.05) is 41.4 Å². The topological polar surface area (TPSA) is 139 Å². The number of amides is 2. The molecule has 0 radical (unpaired) electrons. The van der Waals surface area contributed by atoms with Crippen LogP contribution in [0.15, 0.2) is 36.4 Å². The normalized spacial score (nSPS) is 9.66. The molecule has 2 amide bonds. The summed E-state index contributed by atoms with van der Waals surface area (Å²) in [5.41, 5.74) is 11.0. The van der Waals surface area contributed by atoms with Crippen LogP contribution >= 0.6 is 23.2 Å². The molecule has 29 heavy (non-hydrogen) atoms. The van der Waals surface area contributed by atoms with Crippen LogP contribution in [-0.2, 0) is 20.7 Å². The van der Waals surface area contributed by atoms with Crippen molar-refractivity contribution in [2.75, 3.05) is 7.11 Å². The maximum absolute atomic E-state index is 11.0. The molecule has 0 aliphatic heterocycles. The molecular weight excluding hydrogens is 423 g/mol. The third kappa shape index (κ3) is 7.10. The van der Waals surface area contributed by atoms with Gasteiger partial charge < -0.3 is 20.9 Å². The second-order valence-electron chi connectivity index (χ2n) is 5.47. The first-order valence-electron chi connectivity index (χ1n) is 7.99. The van der Waals surface area contributed by atoms with Gasteiger partial charge in [-0.3, -0.25) is 19.2 Å². The Morgan fingerprint density at radius 2 is 1.41 bits per heavy atom. The standard InChI is InChI=1S/C10H10ClNO3.C9H8ClNO3/c1-15-8(13)5-6-3-2-4-7(9(6)11)10(12)14;1-5(12)14-7-4-2-3-6(8(7)10)9(11)13/h2-4H,5H2,1H3,(H2,12,14);2-4H,1H3,(H2,11,13). The predicted octanol–water partition coefficient (Wildman–Crippen LogP) is 2.52. The number of rotatable bonds is 5. The summed E-state index contributed by atoms with van der Waals surface area (Å²) in [6.07, 6.45) is 0.0243. The van der Waals surface area contributed by atoms with Gasteiger partial charge >= 0.3 is 11.9 Å². The van der Waals surface area contributed by atoms with Crippen LogP contribution in [0.5, 0.6) is 5.75 Å². The molecule has 0 unspecified atom stereocenters. The van der Waals surface area contributed by atoms with E-state index >= 15 is 0 Å². The highest BCUT2D eigenvalue weighted by Gasteiger charge is 2.13. The van der Waals surface area contributed by atoms with E-state index in [-0.39, 0.29) is 33.3 Å². The van der Waals surface area contributed by atoms with Gasteiger partial charge in [0.25, 0.3) is 0 Å². The van der Waals surface area contributed by atoms with Gasteiger partial charge in [-0.05, 0) is 23.8 Å². The average molecular weight is 441 g/mol. The van der Waals surface area contributed by atoms with E-state index in [1.165, 1.54) is 38.3 Å². The number of nitrogens with two attached hydrogens (primary N) is 2. The van der Waals surface area contributed by atoms with E-state index in [1.54, 1.807) is 12.1 Å². The number of hydrogen-bond acceptors (Lipinski definition) is 6. The SMILES string of the molecule is CC(=O)Oc1cccc(C(N)=O)c1Cl.COC(=O)Cc1cccc(C(N)=O)c1Cl. The lowest BCUT2D eigenvalue weighted by atomic mass is 10.1. The van der Waals surface area contributed by atoms with Crippen LogP contribution in [0.1, 0.15) is 33.2 Å². The van der Waals surface area contributed by atoms with E-state index in [0.29, 0.717) is 5.56 Å². The van der Waals surface area contributed by atoms with Crippen molar-refractivity contribution in [3.8, 4) is 5.75 Å². The minimum Gasteiger partial charge on any atom is -0.469 e. The van der Waals surface area contributed by atoms with Gasteiger partial charge in [0.15, 0.2) is 0 Å². The molecule has 0 saturated heterocycles. The summed E-state index contributed by atoms with van der Waals surface area (Å²) in [6, 6.07) is 9.24. The van der Waals surface area contributed by atoms with Crippen molar-refractivity contribution < 1.29 is 28.7 Å². The molecule has 154 valence electrons. The Balaban J connectivity index is 0.000000291. The quantitative estimate of drug-likeness (QED) is 0.540. The van der Waals surface area contributed by atoms with E-state index in [1.807, 2.05) is 0 Å². The highest BCUT2D eigenvalue weighted by Crippen LogP contribution is 2.27. The number of carbonyl (C=O) groups excluding carboxylic acids is 4. The number of ether oxygens (including phenoxy) is 2. The zero-order valence-corrected chi connectivity index (χ0v) is 17.0. The largest absolute Gasteiger partial charge is 0.469 e. The number of benzene rings is 2. The molecule has 0 heterocycles. The van der Waals surface area contributed by atoms with Gasteiger partial charge in [0, 0.05) is 6.92 Å². The summed E-state index contributed by atoms with van der Waals surface area (Å²) < 4.78 is 9.25. The molecule has 2 rings (SSSR count). The smallest absolute Gasteiger partial charge is 0.310 e. The van der Waals surface area contributed by atoms with Crippen LogP contribution in [0.4, 0.5) is 0 Å². The van der Waals surface area contributed by atoms with Crippen molar-refractivity contribution in [2.45, 2.75) is 13.3 Å². The first-order valence-corrected chi connectivity index (χ1v) is 8.74. The second-order valence-corrected chi connectivity index (χ2v) is 6.23. The Morgan fingerprint density at radius 1 is 0.897 bits per heavy atom. The third-order valence-corrected chi connectivity index (χ3v) is 4.23. The Hall–Kier alpha value is -3.10. The monoisotopic (exact) mass is 440 g/mol. The van der Waals surface area contributed by atoms with E-state index < -0.39 is 23.8 Å². The Labute approximate surface area is 176 Å². The fraction of sp³-hybridized carbons (Fsp3) is 0.158. The molecule has 0 bridgehead atoms. The van der Waals surface area contributed by atoms with Gasteiger partial charge in [0.2, 0.25) is 11.8 Å². The molecule has 2 aromatic carbocycles. The maximum Gasteiger partial charge on any atom is 0.310 e. The third-order valence-electron chi connectivity index (χ3n) is 3.39. The fourth-order valence-corrected chi connectivity index (χ4v) is 2.61. The zero-order valence-electron chi connectivity index (χ0n) is 15.5. The highest BCUT2D eigenvalue weighted by molar-refractivity contribution is 6.35. The Bertz CT molecular complexity index is 946. The number of primary amides is 2. The zero-order chi connectivity index (χ0) is 22.1. The molecule has 0 saturated carbocycles. The van der Waals surface area contributed by atoms with Gasteiger partial charge in [0.05, 0.1) is 34.7 Å². The Morgan fingerprint density at radius 3 is 1.90 bits per heavy atom. The van der Waals surface area contributed by atoms with Gasteiger partial charge in [0.1, 0.15) is 5.75 Å². The van der Waals surface area contributed by atoms with E-state index in [4.69, 9.17) is 39.4 Å². The highest BCUT2D eigenvalue weighted by atomic mass is 35.5. The summed E-state index contributed by atoms with van der Waals surface area (Å²) in [5.74, 6) is -2.07. The van der Waals surface area contributed by atoms with Crippen molar-refractivity contribution in [1.29, 1.82) is 0 Å². The fourth-order valence-electron chi connectivity index (χ4n) is 2.07. The van der Waals surface area contributed by atoms with Crippen LogP contribution in [0.2, 0.25) is 10.0 Å². The summed E-state index contributed by atoms with van der Waals surface area (Å²) >= 11 is 11.7. The van der Waals surface area contributed by atoms with Crippen molar-refractivity contribution in [1.82, 2.24) is 0 Å². The van der Waals surface area contributed by atoms with E-state index in [2.05, 4.69) is 4.74 Å². The van der Waals surface area contributed by atoms with Crippen LogP contribution in [-0.4, -0.2) is 30.9 Å². The number of hydrogen-bond donors (Lipinski definition) is 2. The molecule has 0 aliphatic carbocycles. The van der Waals surface area contributed by atoms with Gasteiger partial charge in [-0.15, -0.1) is 0 Å². The number of carbonyl (C=O) groups is 4. The summed E-state index contributed by atoms with van der Waals surface area (Å²) in [5, 5.41) is 0.255. The summed E-state index contributed by atoms with van der Waals surface area (Å²) in [6.45, 7) is 1.24. The maximum atomic E-state index is 11.0. The molecule has 0 fully saturated rings. The van der Waals surface area contributed by atoms with Gasteiger partial charge in [-0.25, -0.2) is 0 Å². The predicted molar refractivity (Wildman–Crippen MR) is 107 cm³/mol. The number of methoxy groups -OCH3 is 1. The summed E-state index contributed by atoms with van der Waals surface area (Å²) in [4.78, 5) is 43.5. The van der Waals surface area contributed by atoms with Crippen LogP contribution in [0.3, 0.4) is 0 Å².